The van der Waals surface area contributed by atoms with E-state index in [1.807, 2.05) is 0 Å². The van der Waals surface area contributed by atoms with E-state index in [0.29, 0.717) is 4.47 Å². The van der Waals surface area contributed by atoms with Gasteiger partial charge in [-0.1, -0.05) is 0 Å². The molecule has 0 aromatic carbocycles. The molecule has 0 aliphatic heterocycles. The highest BCUT2D eigenvalue weighted by atomic mass is 79.9. The third-order valence-corrected chi connectivity index (χ3v) is 1.99. The number of methoxy groups -OCH3 is 1. The Hall–Kier alpha value is -0.910. The van der Waals surface area contributed by atoms with Gasteiger partial charge in [-0.2, -0.15) is 5.10 Å². The molecule has 0 fully saturated rings. The second kappa shape index (κ2) is 4.36. The Balaban J connectivity index is 2.89. The van der Waals surface area contributed by atoms with Gasteiger partial charge in [-0.25, -0.2) is 9.18 Å². The maximum atomic E-state index is 11.9. The fourth-order valence-corrected chi connectivity index (χ4v) is 1.31. The maximum absolute atomic E-state index is 11.9. The molecule has 4 nitrogen and oxygen atoms in total. The molecule has 0 saturated carbocycles. The second-order valence-electron chi connectivity index (χ2n) is 2.27. The van der Waals surface area contributed by atoms with E-state index in [2.05, 4.69) is 25.8 Å². The number of carbonyl (C=O) groups excluding carboxylic acids is 1. The Morgan fingerprint density at radius 2 is 2.54 bits per heavy atom. The topological polar surface area (TPSA) is 44.1 Å². The summed E-state index contributed by atoms with van der Waals surface area (Å²) in [7, 11) is 1.27. The Kier molecular flexibility index (Phi) is 3.41. The van der Waals surface area contributed by atoms with Crippen LogP contribution in [0.2, 0.25) is 0 Å². The van der Waals surface area contributed by atoms with Crippen LogP contribution >= 0.6 is 15.9 Å². The molecule has 0 bridgehead atoms. The molecule has 1 rings (SSSR count). The first-order chi connectivity index (χ1) is 6.19. The molecular formula is C7H8BrFN2O2. The molecule has 0 saturated heterocycles. The fourth-order valence-electron chi connectivity index (χ4n) is 0.833. The summed E-state index contributed by atoms with van der Waals surface area (Å²) in [5, 5.41) is 3.83. The van der Waals surface area contributed by atoms with Crippen molar-refractivity contribution in [3.8, 4) is 0 Å². The minimum atomic E-state index is -0.538. The highest BCUT2D eigenvalue weighted by molar-refractivity contribution is 9.10. The highest BCUT2D eigenvalue weighted by Crippen LogP contribution is 2.15. The molecular weight excluding hydrogens is 243 g/mol. The van der Waals surface area contributed by atoms with Gasteiger partial charge in [-0.05, 0) is 15.9 Å². The zero-order chi connectivity index (χ0) is 9.84. The summed E-state index contributed by atoms with van der Waals surface area (Å²) >= 11 is 3.12. The number of hydrogen-bond acceptors (Lipinski definition) is 3. The van der Waals surface area contributed by atoms with Gasteiger partial charge in [0.1, 0.15) is 6.67 Å². The van der Waals surface area contributed by atoms with E-state index < -0.39 is 12.6 Å². The van der Waals surface area contributed by atoms with Gasteiger partial charge in [0.25, 0.3) is 0 Å². The normalized spacial score (nSPS) is 10.1. The van der Waals surface area contributed by atoms with Crippen molar-refractivity contribution in [2.75, 3.05) is 13.8 Å². The van der Waals surface area contributed by atoms with Crippen LogP contribution in [0.1, 0.15) is 10.5 Å². The van der Waals surface area contributed by atoms with Crippen LogP contribution in [-0.4, -0.2) is 29.5 Å². The van der Waals surface area contributed by atoms with Crippen LogP contribution in [-0.2, 0) is 11.3 Å². The molecule has 0 unspecified atom stereocenters. The molecule has 1 aromatic rings. The maximum Gasteiger partial charge on any atom is 0.359 e. The van der Waals surface area contributed by atoms with Crippen LogP contribution < -0.4 is 0 Å². The van der Waals surface area contributed by atoms with Crippen molar-refractivity contribution in [1.82, 2.24) is 9.78 Å². The van der Waals surface area contributed by atoms with E-state index in [9.17, 15) is 9.18 Å². The van der Waals surface area contributed by atoms with E-state index >= 15 is 0 Å². The molecule has 1 heterocycles. The monoisotopic (exact) mass is 250 g/mol. The lowest BCUT2D eigenvalue weighted by atomic mass is 10.4. The van der Waals surface area contributed by atoms with Crippen molar-refractivity contribution < 1.29 is 13.9 Å². The lowest BCUT2D eigenvalue weighted by molar-refractivity contribution is 0.0592. The predicted octanol–water partition coefficient (Wildman–Crippen LogP) is 1.40. The molecule has 13 heavy (non-hydrogen) atoms. The van der Waals surface area contributed by atoms with Crippen molar-refractivity contribution in [1.29, 1.82) is 0 Å². The first kappa shape index (κ1) is 10.2. The summed E-state index contributed by atoms with van der Waals surface area (Å²) in [6.45, 7) is -0.385. The van der Waals surface area contributed by atoms with Crippen LogP contribution in [0.4, 0.5) is 4.39 Å². The number of hydrogen-bond donors (Lipinski definition) is 0. The van der Waals surface area contributed by atoms with Crippen LogP contribution in [0.15, 0.2) is 10.7 Å². The summed E-state index contributed by atoms with van der Waals surface area (Å²) in [6, 6.07) is 0. The smallest absolute Gasteiger partial charge is 0.359 e. The number of carbonyl (C=O) groups is 1. The molecule has 0 aliphatic rings. The molecule has 72 valence electrons. The molecule has 0 amide bonds. The Bertz CT molecular complexity index is 313. The minimum absolute atomic E-state index is 0.135. The Labute approximate surface area is 82.8 Å². The molecule has 0 radical (unpaired) electrons. The largest absolute Gasteiger partial charge is 0.464 e. The van der Waals surface area contributed by atoms with Crippen molar-refractivity contribution in [2.24, 2.45) is 0 Å². The van der Waals surface area contributed by atoms with Gasteiger partial charge < -0.3 is 4.74 Å². The second-order valence-corrected chi connectivity index (χ2v) is 3.12. The van der Waals surface area contributed by atoms with Gasteiger partial charge in [0.2, 0.25) is 0 Å². The molecule has 6 heteroatoms. The van der Waals surface area contributed by atoms with Crippen LogP contribution in [0.5, 0.6) is 0 Å². The molecule has 0 spiro atoms. The first-order valence-electron chi connectivity index (χ1n) is 3.56. The average Bonchev–Trinajstić information content (AvgIpc) is 2.46. The van der Waals surface area contributed by atoms with Crippen molar-refractivity contribution >= 4 is 21.9 Å². The number of aryl methyl sites for hydroxylation is 1. The summed E-state index contributed by atoms with van der Waals surface area (Å²) in [5.74, 6) is -0.538. The number of nitrogens with zero attached hydrogens (tertiary/aromatic N) is 2. The quantitative estimate of drug-likeness (QED) is 0.762. The highest BCUT2D eigenvalue weighted by Gasteiger charge is 2.14. The molecule has 0 N–H and O–H groups in total. The first-order valence-corrected chi connectivity index (χ1v) is 4.35. The number of ether oxygens (including phenoxy) is 1. The van der Waals surface area contributed by atoms with Crippen LogP contribution in [0.25, 0.3) is 0 Å². The van der Waals surface area contributed by atoms with Crippen molar-refractivity contribution in [3.05, 3.63) is 16.4 Å². The standard InChI is InChI=1S/C7H8BrFN2O2/c1-13-7(12)6-5(8)4-11(10-6)3-2-9/h4H,2-3H2,1H3. The molecule has 0 atom stereocenters. The van der Waals surface area contributed by atoms with Gasteiger partial charge in [-0.3, -0.25) is 4.68 Å². The van der Waals surface area contributed by atoms with E-state index in [1.165, 1.54) is 18.0 Å². The lowest BCUT2D eigenvalue weighted by Crippen LogP contribution is -2.06. The third-order valence-electron chi connectivity index (χ3n) is 1.41. The fraction of sp³-hybridized carbons (Fsp3) is 0.429. The van der Waals surface area contributed by atoms with Gasteiger partial charge in [0, 0.05) is 6.20 Å². The van der Waals surface area contributed by atoms with Crippen molar-refractivity contribution in [3.63, 3.8) is 0 Å². The van der Waals surface area contributed by atoms with E-state index in [4.69, 9.17) is 0 Å². The predicted molar refractivity (Wildman–Crippen MR) is 47.2 cm³/mol. The Morgan fingerprint density at radius 1 is 1.85 bits per heavy atom. The van der Waals surface area contributed by atoms with Gasteiger partial charge in [-0.15, -0.1) is 0 Å². The number of halogens is 2. The summed E-state index contributed by atoms with van der Waals surface area (Å²) < 4.78 is 18.2. The number of rotatable bonds is 3. The van der Waals surface area contributed by atoms with Gasteiger partial charge in [0.05, 0.1) is 18.1 Å². The SMILES string of the molecule is COC(=O)c1nn(CCF)cc1Br. The number of alkyl halides is 1. The third kappa shape index (κ3) is 2.27. The summed E-state index contributed by atoms with van der Waals surface area (Å²) in [4.78, 5) is 11.0. The summed E-state index contributed by atoms with van der Waals surface area (Å²) in [5.41, 5.74) is 0.163. The Morgan fingerprint density at radius 3 is 3.08 bits per heavy atom. The van der Waals surface area contributed by atoms with E-state index in [-0.39, 0.29) is 12.2 Å². The zero-order valence-electron chi connectivity index (χ0n) is 6.96. The zero-order valence-corrected chi connectivity index (χ0v) is 8.54. The molecule has 0 aliphatic carbocycles. The minimum Gasteiger partial charge on any atom is -0.464 e. The average molecular weight is 251 g/mol. The molecule has 1 aromatic heterocycles. The summed E-state index contributed by atoms with van der Waals surface area (Å²) in [6.07, 6.45) is 1.53. The van der Waals surface area contributed by atoms with Gasteiger partial charge in [0.15, 0.2) is 5.69 Å². The number of esters is 1. The van der Waals surface area contributed by atoms with Crippen LogP contribution in [0.3, 0.4) is 0 Å². The van der Waals surface area contributed by atoms with E-state index in [0.717, 1.165) is 0 Å². The number of aromatic nitrogens is 2. The van der Waals surface area contributed by atoms with E-state index in [1.54, 1.807) is 0 Å². The van der Waals surface area contributed by atoms with Gasteiger partial charge >= 0.3 is 5.97 Å². The van der Waals surface area contributed by atoms with Crippen molar-refractivity contribution in [2.45, 2.75) is 6.54 Å². The van der Waals surface area contributed by atoms with Crippen LogP contribution in [0, 0.1) is 0 Å². The lowest BCUT2D eigenvalue weighted by Gasteiger charge is -1.94.